The Hall–Kier alpha value is -2.55. The number of aldehydes is 1. The molecular formula is C43H63BrO7Si. The summed E-state index contributed by atoms with van der Waals surface area (Å²) in [5.74, 6) is 3.45. The van der Waals surface area contributed by atoms with Gasteiger partial charge in [-0.3, -0.25) is 4.79 Å². The van der Waals surface area contributed by atoms with E-state index in [2.05, 4.69) is 93.5 Å². The lowest BCUT2D eigenvalue weighted by Crippen LogP contribution is -2.47. The summed E-state index contributed by atoms with van der Waals surface area (Å²) in [6.07, 6.45) is 24.7. The van der Waals surface area contributed by atoms with Crippen LogP contribution in [0.4, 0.5) is 0 Å². The molecule has 2 heterocycles. The quantitative estimate of drug-likeness (QED) is 0.0345. The van der Waals surface area contributed by atoms with Gasteiger partial charge in [0.25, 0.3) is 0 Å². The second-order valence-electron chi connectivity index (χ2n) is 14.8. The second kappa shape index (κ2) is 24.0. The normalized spacial score (nSPS) is 21.9. The number of methoxy groups -OCH3 is 2. The molecule has 0 fully saturated rings. The summed E-state index contributed by atoms with van der Waals surface area (Å²) < 4.78 is 35.8. The predicted octanol–water partition coefficient (Wildman–Crippen LogP) is 9.88. The van der Waals surface area contributed by atoms with Crippen molar-refractivity contribution >= 4 is 30.5 Å². The summed E-state index contributed by atoms with van der Waals surface area (Å²) in [4.78, 5) is 10.9. The molecule has 3 rings (SSSR count). The first-order chi connectivity index (χ1) is 24.8. The third-order valence-electron chi connectivity index (χ3n) is 9.62. The Bertz CT molecular complexity index is 1370. The molecule has 0 aromatic heterocycles. The van der Waals surface area contributed by atoms with Crippen LogP contribution in [-0.4, -0.2) is 77.4 Å². The number of carbonyl (C=O) groups is 1. The average Bonchev–Trinajstić information content (AvgIpc) is 3.12. The molecule has 52 heavy (non-hydrogen) atoms. The van der Waals surface area contributed by atoms with Gasteiger partial charge >= 0.3 is 0 Å². The summed E-state index contributed by atoms with van der Waals surface area (Å²) in [6.45, 7) is 18.4. The fourth-order valence-corrected chi connectivity index (χ4v) is 6.94. The molecule has 7 nitrogen and oxygen atoms in total. The molecule has 0 saturated carbocycles. The predicted molar refractivity (Wildman–Crippen MR) is 220 cm³/mol. The van der Waals surface area contributed by atoms with E-state index in [9.17, 15) is 4.79 Å². The second-order valence-corrected chi connectivity index (χ2v) is 20.2. The van der Waals surface area contributed by atoms with Crippen LogP contribution in [0.5, 0.6) is 5.75 Å². The zero-order valence-electron chi connectivity index (χ0n) is 32.8. The standard InChI is InChI=1S/C28H42O5Si.C15H21BrO2/c1-22-17-19-31-25(20-22)15-16-27(33-34(6,7)28(2,3)4)26(10-8-9-18-29)32-21-23-11-13-24(30-5)14-12-23;1-4-6-13-9-10-14(17-3)15(18-13)8-5-7-12(2)11-16/h8-9,11-18,25-27H,10,19-21H2,1-7H3;1,9-10,13-15H,2,5-8,11H2,3H3/b9-8+,16-15+;/t25-,26+,27+;13-,14+,15-/m11/s1. The van der Waals surface area contributed by atoms with Crippen molar-refractivity contribution in [3.8, 4) is 18.1 Å². The largest absolute Gasteiger partial charge is 0.497 e. The van der Waals surface area contributed by atoms with E-state index in [-0.39, 0.29) is 41.7 Å². The maximum absolute atomic E-state index is 10.9. The lowest BCUT2D eigenvalue weighted by Gasteiger charge is -2.40. The monoisotopic (exact) mass is 798 g/mol. The van der Waals surface area contributed by atoms with Gasteiger partial charge in [-0.2, -0.15) is 0 Å². The summed E-state index contributed by atoms with van der Waals surface area (Å²) >= 11 is 3.41. The Kier molecular flexibility index (Phi) is 21.0. The van der Waals surface area contributed by atoms with Crippen molar-refractivity contribution in [2.45, 2.75) is 128 Å². The minimum absolute atomic E-state index is 0.0308. The minimum Gasteiger partial charge on any atom is -0.497 e. The lowest BCUT2D eigenvalue weighted by molar-refractivity contribution is -0.104. The van der Waals surface area contributed by atoms with Crippen LogP contribution in [-0.2, 0) is 34.8 Å². The van der Waals surface area contributed by atoms with Gasteiger partial charge in [0.1, 0.15) is 18.1 Å². The first kappa shape index (κ1) is 45.6. The molecule has 6 atom stereocenters. The summed E-state index contributed by atoms with van der Waals surface area (Å²) in [5, 5.41) is 0.921. The Morgan fingerprint density at radius 3 is 2.52 bits per heavy atom. The molecule has 1 aromatic rings. The first-order valence-electron chi connectivity index (χ1n) is 18.3. The highest BCUT2D eigenvalue weighted by molar-refractivity contribution is 9.09. The van der Waals surface area contributed by atoms with Crippen LogP contribution in [0.2, 0.25) is 18.1 Å². The highest BCUT2D eigenvalue weighted by atomic mass is 79.9. The van der Waals surface area contributed by atoms with Crippen molar-refractivity contribution in [2.75, 3.05) is 26.2 Å². The molecule has 2 aliphatic rings. The Morgan fingerprint density at radius 2 is 1.92 bits per heavy atom. The van der Waals surface area contributed by atoms with Gasteiger partial charge in [-0.05, 0) is 80.9 Å². The highest BCUT2D eigenvalue weighted by Gasteiger charge is 2.40. The van der Waals surface area contributed by atoms with Crippen molar-refractivity contribution in [1.29, 1.82) is 0 Å². The van der Waals surface area contributed by atoms with Gasteiger partial charge in [0.2, 0.25) is 0 Å². The van der Waals surface area contributed by atoms with Crippen LogP contribution in [0.3, 0.4) is 0 Å². The number of terminal acetylenes is 1. The third kappa shape index (κ3) is 16.6. The van der Waals surface area contributed by atoms with Gasteiger partial charge in [-0.1, -0.05) is 103 Å². The van der Waals surface area contributed by atoms with Crippen LogP contribution >= 0.6 is 15.9 Å². The van der Waals surface area contributed by atoms with Gasteiger partial charge in [0.15, 0.2) is 8.32 Å². The maximum Gasteiger partial charge on any atom is 0.193 e. The average molecular weight is 800 g/mol. The molecule has 9 heteroatoms. The van der Waals surface area contributed by atoms with Gasteiger partial charge in [-0.25, -0.2) is 0 Å². The van der Waals surface area contributed by atoms with Crippen molar-refractivity contribution in [3.63, 3.8) is 0 Å². The molecule has 0 bridgehead atoms. The molecule has 1 aromatic carbocycles. The maximum atomic E-state index is 10.9. The zero-order valence-corrected chi connectivity index (χ0v) is 35.4. The number of hydrogen-bond donors (Lipinski definition) is 0. The van der Waals surface area contributed by atoms with Crippen molar-refractivity contribution < 1.29 is 32.9 Å². The number of allylic oxidation sites excluding steroid dienone is 2. The first-order valence-corrected chi connectivity index (χ1v) is 22.3. The number of carbonyl (C=O) groups excluding carboxylic acids is 1. The van der Waals surface area contributed by atoms with E-state index in [4.69, 9.17) is 34.5 Å². The van der Waals surface area contributed by atoms with Crippen LogP contribution in [0.25, 0.3) is 0 Å². The van der Waals surface area contributed by atoms with Crippen LogP contribution in [0.15, 0.2) is 84.5 Å². The van der Waals surface area contributed by atoms with Crippen LogP contribution < -0.4 is 4.74 Å². The van der Waals surface area contributed by atoms with E-state index in [0.717, 1.165) is 48.6 Å². The smallest absolute Gasteiger partial charge is 0.193 e. The Balaban J connectivity index is 0.000000437. The third-order valence-corrected chi connectivity index (χ3v) is 14.9. The van der Waals surface area contributed by atoms with Gasteiger partial charge in [0, 0.05) is 18.9 Å². The number of benzene rings is 1. The molecule has 2 aliphatic heterocycles. The van der Waals surface area contributed by atoms with E-state index in [1.807, 2.05) is 36.4 Å². The van der Waals surface area contributed by atoms with Gasteiger partial charge in [0.05, 0.1) is 50.8 Å². The Morgan fingerprint density at radius 1 is 1.19 bits per heavy atom. The van der Waals surface area contributed by atoms with Gasteiger partial charge in [-0.15, -0.1) is 12.3 Å². The molecule has 0 saturated heterocycles. The number of halogens is 1. The van der Waals surface area contributed by atoms with Crippen LogP contribution in [0, 0.1) is 12.3 Å². The van der Waals surface area contributed by atoms with Crippen molar-refractivity contribution in [1.82, 2.24) is 0 Å². The van der Waals surface area contributed by atoms with E-state index in [0.29, 0.717) is 26.1 Å². The molecule has 0 spiro atoms. The summed E-state index contributed by atoms with van der Waals surface area (Å²) in [5.41, 5.74) is 3.61. The lowest BCUT2D eigenvalue weighted by atomic mass is 10.0. The molecule has 0 radical (unpaired) electrons. The van der Waals surface area contributed by atoms with Crippen molar-refractivity contribution in [2.24, 2.45) is 0 Å². The highest BCUT2D eigenvalue weighted by Crippen LogP contribution is 2.38. The number of rotatable bonds is 19. The molecule has 288 valence electrons. The molecule has 0 N–H and O–H groups in total. The fraction of sp³-hybridized carbons (Fsp3) is 0.558. The molecule has 0 aliphatic carbocycles. The van der Waals surface area contributed by atoms with E-state index in [1.54, 1.807) is 14.2 Å². The number of ether oxygens (including phenoxy) is 5. The van der Waals surface area contributed by atoms with E-state index < -0.39 is 8.32 Å². The van der Waals surface area contributed by atoms with Gasteiger partial charge < -0.3 is 28.1 Å². The Labute approximate surface area is 324 Å². The van der Waals surface area contributed by atoms with E-state index >= 15 is 0 Å². The SMILES string of the molecule is C#CC[C@@H]1C=C[C@H](OC)[C@@H](CCCC(=C)CBr)O1.COc1ccc(CO[C@@H](C/C=C/C=O)[C@H](/C=C/[C@@H]2CC(C)=CCO2)O[Si](C)(C)C(C)(C)C)cc1. The van der Waals surface area contributed by atoms with Crippen molar-refractivity contribution in [3.05, 3.63) is 90.1 Å². The molecule has 0 unspecified atom stereocenters. The molecule has 0 amide bonds. The topological polar surface area (TPSA) is 72.5 Å². The van der Waals surface area contributed by atoms with Crippen LogP contribution in [0.1, 0.15) is 71.8 Å². The fourth-order valence-electron chi connectivity index (χ4n) is 5.40. The molecular weight excluding hydrogens is 736 g/mol. The zero-order chi connectivity index (χ0) is 38.6. The number of alkyl halides is 1. The number of hydrogen-bond acceptors (Lipinski definition) is 7. The summed E-state index contributed by atoms with van der Waals surface area (Å²) in [6, 6.07) is 7.86. The summed E-state index contributed by atoms with van der Waals surface area (Å²) in [7, 11) is 1.28. The minimum atomic E-state index is -2.09. The van der Waals surface area contributed by atoms with E-state index in [1.165, 1.54) is 17.2 Å².